The summed E-state index contributed by atoms with van der Waals surface area (Å²) >= 11 is 0. The molecule has 0 aromatic carbocycles. The first-order valence-corrected chi connectivity index (χ1v) is 8.04. The monoisotopic (exact) mass is 268 g/mol. The summed E-state index contributed by atoms with van der Waals surface area (Å²) in [5.41, 5.74) is 0.357. The van der Waals surface area contributed by atoms with Gasteiger partial charge in [-0.05, 0) is 31.2 Å². The number of likely N-dealkylation sites (tertiary alicyclic amines) is 1. The van der Waals surface area contributed by atoms with Gasteiger partial charge in [0.15, 0.2) is 0 Å². The van der Waals surface area contributed by atoms with Gasteiger partial charge in [-0.1, -0.05) is 27.7 Å². The Morgan fingerprint density at radius 2 is 2.11 bits per heavy atom. The summed E-state index contributed by atoms with van der Waals surface area (Å²) in [6, 6.07) is 0.569. The van der Waals surface area contributed by atoms with E-state index >= 15 is 0 Å². The van der Waals surface area contributed by atoms with Gasteiger partial charge < -0.3 is 15.0 Å². The molecule has 2 heterocycles. The van der Waals surface area contributed by atoms with E-state index in [-0.39, 0.29) is 0 Å². The maximum absolute atomic E-state index is 5.71. The second-order valence-corrected chi connectivity index (χ2v) is 7.37. The molecule has 2 aliphatic heterocycles. The number of nitrogens with one attached hydrogen (secondary N) is 1. The number of rotatable bonds is 6. The molecule has 3 nitrogen and oxygen atoms in total. The Bertz CT molecular complexity index is 272. The van der Waals surface area contributed by atoms with Gasteiger partial charge in [0.05, 0.1) is 6.61 Å². The molecular weight excluding hydrogens is 236 g/mol. The van der Waals surface area contributed by atoms with Gasteiger partial charge in [-0.3, -0.25) is 0 Å². The molecule has 0 saturated carbocycles. The lowest BCUT2D eigenvalue weighted by Crippen LogP contribution is -2.45. The van der Waals surface area contributed by atoms with E-state index in [0.29, 0.717) is 11.5 Å². The molecule has 0 aromatic rings. The van der Waals surface area contributed by atoms with Crippen molar-refractivity contribution in [2.45, 2.75) is 46.6 Å². The normalized spacial score (nSPS) is 32.8. The van der Waals surface area contributed by atoms with E-state index < -0.39 is 0 Å². The summed E-state index contributed by atoms with van der Waals surface area (Å²) in [6.45, 7) is 16.0. The van der Waals surface area contributed by atoms with E-state index in [1.807, 2.05) is 0 Å². The van der Waals surface area contributed by atoms with Gasteiger partial charge in [-0.2, -0.15) is 0 Å². The fourth-order valence-corrected chi connectivity index (χ4v) is 3.41. The minimum absolute atomic E-state index is 0.357. The van der Waals surface area contributed by atoms with Crippen LogP contribution in [0.15, 0.2) is 0 Å². The topological polar surface area (TPSA) is 24.5 Å². The number of hydrogen-bond donors (Lipinski definition) is 1. The fraction of sp³-hybridized carbons (Fsp3) is 1.00. The average molecular weight is 268 g/mol. The van der Waals surface area contributed by atoms with Crippen LogP contribution in [0.1, 0.15) is 40.5 Å². The highest BCUT2D eigenvalue weighted by atomic mass is 16.5. The molecule has 1 N–H and O–H groups in total. The molecule has 0 spiro atoms. The standard InChI is InChI=1S/C16H32N2O/c1-13(2)15-5-7-18(9-15)11-16(6-8-19-12-16)10-17-14(3)4/h13-15,17H,5-12H2,1-4H3. The summed E-state index contributed by atoms with van der Waals surface area (Å²) in [4.78, 5) is 2.68. The first kappa shape index (κ1) is 15.3. The van der Waals surface area contributed by atoms with Gasteiger partial charge in [-0.25, -0.2) is 0 Å². The minimum atomic E-state index is 0.357. The number of hydrogen-bond acceptors (Lipinski definition) is 3. The molecule has 2 aliphatic rings. The van der Waals surface area contributed by atoms with E-state index in [1.165, 1.54) is 32.5 Å². The molecule has 0 amide bonds. The molecule has 3 heteroatoms. The first-order valence-electron chi connectivity index (χ1n) is 8.04. The van der Waals surface area contributed by atoms with Crippen molar-refractivity contribution >= 4 is 0 Å². The summed E-state index contributed by atoms with van der Waals surface area (Å²) in [5, 5.41) is 3.63. The lowest BCUT2D eigenvalue weighted by atomic mass is 9.86. The van der Waals surface area contributed by atoms with Crippen LogP contribution in [0.3, 0.4) is 0 Å². The van der Waals surface area contributed by atoms with Crippen LogP contribution in [0.2, 0.25) is 0 Å². The summed E-state index contributed by atoms with van der Waals surface area (Å²) in [6.07, 6.45) is 2.60. The van der Waals surface area contributed by atoms with E-state index in [0.717, 1.165) is 31.6 Å². The third-order valence-electron chi connectivity index (χ3n) is 4.88. The number of nitrogens with zero attached hydrogens (tertiary/aromatic N) is 1. The van der Waals surface area contributed by atoms with E-state index in [2.05, 4.69) is 37.9 Å². The molecule has 19 heavy (non-hydrogen) atoms. The molecule has 0 bridgehead atoms. The second-order valence-electron chi connectivity index (χ2n) is 7.37. The molecule has 2 atom stereocenters. The first-order chi connectivity index (χ1) is 9.01. The van der Waals surface area contributed by atoms with Gasteiger partial charge in [0.25, 0.3) is 0 Å². The zero-order valence-corrected chi connectivity index (χ0v) is 13.2. The van der Waals surface area contributed by atoms with E-state index in [1.54, 1.807) is 0 Å². The lowest BCUT2D eigenvalue weighted by molar-refractivity contribution is 0.114. The molecular formula is C16H32N2O. The Labute approximate surface area is 119 Å². The van der Waals surface area contributed by atoms with Crippen molar-refractivity contribution in [1.82, 2.24) is 10.2 Å². The van der Waals surface area contributed by atoms with Crippen LogP contribution < -0.4 is 5.32 Å². The summed E-state index contributed by atoms with van der Waals surface area (Å²) < 4.78 is 5.71. The van der Waals surface area contributed by atoms with Gasteiger partial charge in [0.1, 0.15) is 0 Å². The maximum atomic E-state index is 5.71. The molecule has 0 aliphatic carbocycles. The van der Waals surface area contributed by atoms with Crippen molar-refractivity contribution in [2.24, 2.45) is 17.3 Å². The SMILES string of the molecule is CC(C)NCC1(CN2CCC(C(C)C)C2)CCOC1. The van der Waals surface area contributed by atoms with Crippen LogP contribution in [-0.2, 0) is 4.74 Å². The second kappa shape index (κ2) is 6.55. The molecule has 0 radical (unpaired) electrons. The highest BCUT2D eigenvalue weighted by Crippen LogP contribution is 2.32. The van der Waals surface area contributed by atoms with Crippen LogP contribution in [0, 0.1) is 17.3 Å². The van der Waals surface area contributed by atoms with E-state index in [9.17, 15) is 0 Å². The average Bonchev–Trinajstić information content (AvgIpc) is 2.97. The van der Waals surface area contributed by atoms with Crippen LogP contribution in [-0.4, -0.2) is 50.3 Å². The van der Waals surface area contributed by atoms with Crippen molar-refractivity contribution < 1.29 is 4.74 Å². The van der Waals surface area contributed by atoms with Gasteiger partial charge in [0.2, 0.25) is 0 Å². The fourth-order valence-electron chi connectivity index (χ4n) is 3.41. The maximum Gasteiger partial charge on any atom is 0.0547 e. The van der Waals surface area contributed by atoms with Gasteiger partial charge >= 0.3 is 0 Å². The minimum Gasteiger partial charge on any atom is -0.381 e. The Hall–Kier alpha value is -0.120. The van der Waals surface area contributed by atoms with Crippen molar-refractivity contribution in [3.8, 4) is 0 Å². The number of ether oxygens (including phenoxy) is 1. The third-order valence-corrected chi connectivity index (χ3v) is 4.88. The molecule has 2 saturated heterocycles. The molecule has 2 unspecified atom stereocenters. The molecule has 2 rings (SSSR count). The Morgan fingerprint density at radius 1 is 1.32 bits per heavy atom. The van der Waals surface area contributed by atoms with Crippen molar-refractivity contribution in [3.63, 3.8) is 0 Å². The van der Waals surface area contributed by atoms with Crippen molar-refractivity contribution in [3.05, 3.63) is 0 Å². The van der Waals surface area contributed by atoms with Crippen LogP contribution in [0.5, 0.6) is 0 Å². The quantitative estimate of drug-likeness (QED) is 0.800. The predicted octanol–water partition coefficient (Wildman–Crippen LogP) is 2.37. The summed E-state index contributed by atoms with van der Waals surface area (Å²) in [7, 11) is 0. The Kier molecular flexibility index (Phi) is 5.27. The third kappa shape index (κ3) is 4.17. The van der Waals surface area contributed by atoms with E-state index in [4.69, 9.17) is 4.74 Å². The zero-order valence-electron chi connectivity index (χ0n) is 13.2. The van der Waals surface area contributed by atoms with Crippen molar-refractivity contribution in [2.75, 3.05) is 39.4 Å². The smallest absolute Gasteiger partial charge is 0.0547 e. The highest BCUT2D eigenvalue weighted by molar-refractivity contribution is 4.91. The van der Waals surface area contributed by atoms with Gasteiger partial charge in [0, 0.05) is 37.7 Å². The van der Waals surface area contributed by atoms with Crippen LogP contribution in [0.25, 0.3) is 0 Å². The highest BCUT2D eigenvalue weighted by Gasteiger charge is 2.38. The predicted molar refractivity (Wildman–Crippen MR) is 80.4 cm³/mol. The molecule has 0 aromatic heterocycles. The van der Waals surface area contributed by atoms with Gasteiger partial charge in [-0.15, -0.1) is 0 Å². The largest absolute Gasteiger partial charge is 0.381 e. The molecule has 112 valence electrons. The Balaban J connectivity index is 1.87. The molecule has 2 fully saturated rings. The van der Waals surface area contributed by atoms with Crippen molar-refractivity contribution in [1.29, 1.82) is 0 Å². The van der Waals surface area contributed by atoms with Crippen LogP contribution >= 0.6 is 0 Å². The Morgan fingerprint density at radius 3 is 2.63 bits per heavy atom. The summed E-state index contributed by atoms with van der Waals surface area (Å²) in [5.74, 6) is 1.73. The van der Waals surface area contributed by atoms with Crippen LogP contribution in [0.4, 0.5) is 0 Å². The lowest BCUT2D eigenvalue weighted by Gasteiger charge is -2.33. The zero-order chi connectivity index (χ0) is 13.9.